The van der Waals surface area contributed by atoms with Crippen LogP contribution in [0.25, 0.3) is 0 Å². The van der Waals surface area contributed by atoms with Gasteiger partial charge in [-0.15, -0.1) is 0 Å². The molecular weight excluding hydrogens is 400 g/mol. The molecule has 1 heterocycles. The molecule has 0 bridgehead atoms. The van der Waals surface area contributed by atoms with Crippen molar-refractivity contribution in [3.63, 3.8) is 0 Å². The number of carbonyl (C=O) groups excluding carboxylic acids is 1. The summed E-state index contributed by atoms with van der Waals surface area (Å²) in [5.74, 6) is -0.759. The lowest BCUT2D eigenvalue weighted by molar-refractivity contribution is -0.116. The van der Waals surface area contributed by atoms with Gasteiger partial charge in [-0.3, -0.25) is 9.52 Å². The number of amides is 1. The predicted molar refractivity (Wildman–Crippen MR) is 108 cm³/mol. The first-order chi connectivity index (χ1) is 12.9. The summed E-state index contributed by atoms with van der Waals surface area (Å²) in [5.41, 5.74) is 1.60. The van der Waals surface area contributed by atoms with Crippen molar-refractivity contribution in [3.05, 3.63) is 54.1 Å². The van der Waals surface area contributed by atoms with Crippen molar-refractivity contribution in [2.75, 3.05) is 14.8 Å². The summed E-state index contributed by atoms with van der Waals surface area (Å²) in [6, 6.07) is 12.3. The zero-order chi connectivity index (χ0) is 20.7. The largest absolute Gasteiger partial charge is 0.280 e. The van der Waals surface area contributed by atoms with Crippen molar-refractivity contribution in [3.8, 4) is 0 Å². The van der Waals surface area contributed by atoms with Gasteiger partial charge in [0.05, 0.1) is 16.3 Å². The Morgan fingerprint density at radius 2 is 1.54 bits per heavy atom. The summed E-state index contributed by atoms with van der Waals surface area (Å²) in [6.45, 7) is 6.21. The second-order valence-electron chi connectivity index (χ2n) is 7.65. The number of sulfonamides is 2. The van der Waals surface area contributed by atoms with Gasteiger partial charge in [-0.05, 0) is 47.4 Å². The summed E-state index contributed by atoms with van der Waals surface area (Å²) in [7, 11) is -7.53. The second kappa shape index (κ2) is 6.89. The Hall–Kier alpha value is -2.39. The summed E-state index contributed by atoms with van der Waals surface area (Å²) >= 11 is 0. The van der Waals surface area contributed by atoms with E-state index in [-0.39, 0.29) is 28.2 Å². The van der Waals surface area contributed by atoms with Crippen LogP contribution in [0.4, 0.5) is 11.4 Å². The first-order valence-corrected chi connectivity index (χ1v) is 11.8. The second-order valence-corrected chi connectivity index (χ2v) is 11.3. The van der Waals surface area contributed by atoms with Crippen molar-refractivity contribution in [1.29, 1.82) is 0 Å². The maximum Gasteiger partial charge on any atom is 0.261 e. The Morgan fingerprint density at radius 3 is 2.00 bits per heavy atom. The minimum absolute atomic E-state index is 0.0276. The minimum Gasteiger partial charge on any atom is -0.280 e. The molecule has 0 spiro atoms. The van der Waals surface area contributed by atoms with E-state index in [0.717, 1.165) is 9.87 Å². The molecular formula is C19H22N2O5S2. The van der Waals surface area contributed by atoms with Crippen LogP contribution in [0.3, 0.4) is 0 Å². The zero-order valence-corrected chi connectivity index (χ0v) is 17.5. The van der Waals surface area contributed by atoms with Crippen molar-refractivity contribution in [2.24, 2.45) is 0 Å². The van der Waals surface area contributed by atoms with Crippen molar-refractivity contribution in [2.45, 2.75) is 37.5 Å². The normalized spacial score (nSPS) is 17.0. The molecule has 2 aromatic carbocycles. The first kappa shape index (κ1) is 20.3. The van der Waals surface area contributed by atoms with E-state index in [2.05, 4.69) is 25.5 Å². The molecule has 0 atom stereocenters. The average molecular weight is 423 g/mol. The Labute approximate surface area is 165 Å². The van der Waals surface area contributed by atoms with E-state index < -0.39 is 26.0 Å². The van der Waals surface area contributed by atoms with E-state index in [0.29, 0.717) is 5.69 Å². The summed E-state index contributed by atoms with van der Waals surface area (Å²) in [6.07, 6.45) is -0.0749. The van der Waals surface area contributed by atoms with Crippen LogP contribution in [0, 0.1) is 0 Å². The van der Waals surface area contributed by atoms with Crippen LogP contribution in [0.15, 0.2) is 53.4 Å². The molecule has 1 saturated heterocycles. The van der Waals surface area contributed by atoms with E-state index in [1.165, 1.54) is 24.3 Å². The molecule has 28 heavy (non-hydrogen) atoms. The van der Waals surface area contributed by atoms with Crippen molar-refractivity contribution >= 4 is 37.3 Å². The highest BCUT2D eigenvalue weighted by Crippen LogP contribution is 2.28. The monoisotopic (exact) mass is 422 g/mol. The molecule has 0 unspecified atom stereocenters. The first-order valence-electron chi connectivity index (χ1n) is 8.69. The van der Waals surface area contributed by atoms with Crippen LogP contribution >= 0.6 is 0 Å². The Morgan fingerprint density at radius 1 is 0.964 bits per heavy atom. The van der Waals surface area contributed by atoms with E-state index in [1.807, 2.05) is 12.1 Å². The third-order valence-corrected chi connectivity index (χ3v) is 7.55. The molecule has 3 rings (SSSR count). The lowest BCUT2D eigenvalue weighted by atomic mass is 9.87. The average Bonchev–Trinajstić information content (AvgIpc) is 2.87. The van der Waals surface area contributed by atoms with Gasteiger partial charge in [0, 0.05) is 12.1 Å². The van der Waals surface area contributed by atoms with Crippen molar-refractivity contribution < 1.29 is 21.6 Å². The van der Waals surface area contributed by atoms with Crippen LogP contribution in [0.5, 0.6) is 0 Å². The van der Waals surface area contributed by atoms with Crippen LogP contribution in [0.1, 0.15) is 32.8 Å². The fraction of sp³-hybridized carbons (Fsp3) is 0.316. The van der Waals surface area contributed by atoms with Gasteiger partial charge >= 0.3 is 0 Å². The quantitative estimate of drug-likeness (QED) is 0.817. The van der Waals surface area contributed by atoms with E-state index in [9.17, 15) is 21.6 Å². The zero-order valence-electron chi connectivity index (χ0n) is 15.8. The number of hydrogen-bond acceptors (Lipinski definition) is 5. The maximum absolute atomic E-state index is 12.6. The predicted octanol–water partition coefficient (Wildman–Crippen LogP) is 2.85. The number of anilines is 2. The van der Waals surface area contributed by atoms with Gasteiger partial charge in [0.1, 0.15) is 0 Å². The minimum atomic E-state index is -3.85. The molecule has 0 radical (unpaired) electrons. The molecule has 7 nitrogen and oxygen atoms in total. The highest BCUT2D eigenvalue weighted by molar-refractivity contribution is 7.94. The number of rotatable bonds is 4. The summed E-state index contributed by atoms with van der Waals surface area (Å²) in [4.78, 5) is 11.8. The van der Waals surface area contributed by atoms with Gasteiger partial charge < -0.3 is 0 Å². The van der Waals surface area contributed by atoms with E-state index in [1.54, 1.807) is 12.1 Å². The molecule has 9 heteroatoms. The number of nitrogens with one attached hydrogen (secondary N) is 1. The van der Waals surface area contributed by atoms with Gasteiger partial charge in [-0.1, -0.05) is 32.9 Å². The maximum atomic E-state index is 12.6. The molecule has 1 aliphatic rings. The van der Waals surface area contributed by atoms with E-state index in [4.69, 9.17) is 0 Å². The van der Waals surface area contributed by atoms with Crippen molar-refractivity contribution in [1.82, 2.24) is 0 Å². The Bertz CT molecular complexity index is 1100. The summed E-state index contributed by atoms with van der Waals surface area (Å²) < 4.78 is 52.4. The topological polar surface area (TPSA) is 101 Å². The number of hydrogen-bond donors (Lipinski definition) is 1. The lowest BCUT2D eigenvalue weighted by Gasteiger charge is -2.19. The Kier molecular flexibility index (Phi) is 5.01. The van der Waals surface area contributed by atoms with Crippen LogP contribution in [0.2, 0.25) is 0 Å². The fourth-order valence-corrected chi connectivity index (χ4v) is 5.40. The molecule has 0 aliphatic carbocycles. The van der Waals surface area contributed by atoms with E-state index >= 15 is 0 Å². The SMILES string of the molecule is CC(C)(C)c1ccc(NS(=O)(=O)c2ccc(N3C(=O)CCS3(=O)=O)cc2)cc1. The Balaban J connectivity index is 1.82. The van der Waals surface area contributed by atoms with Gasteiger partial charge in [0.15, 0.2) is 0 Å². The lowest BCUT2D eigenvalue weighted by Crippen LogP contribution is -2.29. The summed E-state index contributed by atoms with van der Waals surface area (Å²) in [5, 5.41) is 0. The molecule has 1 fully saturated rings. The molecule has 1 amide bonds. The van der Waals surface area contributed by atoms with Gasteiger partial charge in [0.25, 0.3) is 10.0 Å². The van der Waals surface area contributed by atoms with Crippen LogP contribution in [-0.2, 0) is 30.3 Å². The number of benzene rings is 2. The molecule has 0 aromatic heterocycles. The van der Waals surface area contributed by atoms with Crippen LogP contribution in [-0.4, -0.2) is 28.5 Å². The third-order valence-electron chi connectivity index (χ3n) is 4.46. The molecule has 1 N–H and O–H groups in total. The van der Waals surface area contributed by atoms with Gasteiger partial charge in [0.2, 0.25) is 15.9 Å². The van der Waals surface area contributed by atoms with Gasteiger partial charge in [-0.25, -0.2) is 21.1 Å². The highest BCUT2D eigenvalue weighted by atomic mass is 32.2. The molecule has 1 aliphatic heterocycles. The molecule has 2 aromatic rings. The number of nitrogens with zero attached hydrogens (tertiary/aromatic N) is 1. The fourth-order valence-electron chi connectivity index (χ4n) is 2.88. The standard InChI is InChI=1S/C19H22N2O5S2/c1-19(2,3)14-4-6-15(7-5-14)20-28(25,26)17-10-8-16(9-11-17)21-18(22)12-13-27(21,23)24/h4-11,20H,12-13H2,1-3H3. The molecule has 0 saturated carbocycles. The third kappa shape index (κ3) is 4.05. The highest BCUT2D eigenvalue weighted by Gasteiger charge is 2.36. The molecule has 150 valence electrons. The van der Waals surface area contributed by atoms with Gasteiger partial charge in [-0.2, -0.15) is 0 Å². The smallest absolute Gasteiger partial charge is 0.261 e. The number of carbonyl (C=O) groups is 1. The van der Waals surface area contributed by atoms with Crippen LogP contribution < -0.4 is 9.03 Å².